The maximum atomic E-state index is 10.6. The molecule has 0 heterocycles. The first-order valence-electron chi connectivity index (χ1n) is 5.22. The molecule has 0 aromatic rings. The van der Waals surface area contributed by atoms with Gasteiger partial charge in [-0.3, -0.25) is 0 Å². The second kappa shape index (κ2) is 9.08. The molecule has 0 fully saturated rings. The van der Waals surface area contributed by atoms with Crippen molar-refractivity contribution < 1.29 is 17.9 Å². The number of ether oxygens (including phenoxy) is 2. The van der Waals surface area contributed by atoms with Crippen LogP contribution in [0.3, 0.4) is 0 Å². The van der Waals surface area contributed by atoms with Gasteiger partial charge in [0.05, 0.1) is 19.0 Å². The summed E-state index contributed by atoms with van der Waals surface area (Å²) >= 11 is 0. The number of sulfonamides is 1. The standard InChI is InChI=1S/C9H21NO4S/c1-2-13-7-8-14-6-4-3-5-9-15(10,11)12/h2-9H2,1H3,(H2,10,11,12). The Labute approximate surface area is 92.0 Å². The van der Waals surface area contributed by atoms with Gasteiger partial charge in [-0.25, -0.2) is 13.6 Å². The van der Waals surface area contributed by atoms with Crippen molar-refractivity contribution in [1.82, 2.24) is 0 Å². The van der Waals surface area contributed by atoms with E-state index in [4.69, 9.17) is 14.6 Å². The molecule has 0 atom stereocenters. The van der Waals surface area contributed by atoms with E-state index in [2.05, 4.69) is 0 Å². The molecule has 5 nitrogen and oxygen atoms in total. The van der Waals surface area contributed by atoms with E-state index in [1.807, 2.05) is 6.92 Å². The Bertz CT molecular complexity index is 228. The lowest BCUT2D eigenvalue weighted by Crippen LogP contribution is -2.16. The fourth-order valence-electron chi connectivity index (χ4n) is 1.05. The number of primary sulfonamides is 1. The molecule has 0 aliphatic heterocycles. The molecule has 15 heavy (non-hydrogen) atoms. The predicted octanol–water partition coefficient (Wildman–Crippen LogP) is 0.498. The maximum Gasteiger partial charge on any atom is 0.209 e. The number of hydrogen-bond acceptors (Lipinski definition) is 4. The zero-order chi connectivity index (χ0) is 11.6. The van der Waals surface area contributed by atoms with Crippen molar-refractivity contribution in [3.8, 4) is 0 Å². The molecule has 0 saturated carbocycles. The third kappa shape index (κ3) is 13.8. The molecule has 0 rings (SSSR count). The minimum absolute atomic E-state index is 0.0615. The summed E-state index contributed by atoms with van der Waals surface area (Å²) in [5, 5.41) is 4.86. The fourth-order valence-corrected chi connectivity index (χ4v) is 1.65. The SMILES string of the molecule is CCOCCOCCCCCS(N)(=O)=O. The molecule has 0 aliphatic carbocycles. The van der Waals surface area contributed by atoms with E-state index in [-0.39, 0.29) is 5.75 Å². The van der Waals surface area contributed by atoms with E-state index < -0.39 is 10.0 Å². The quantitative estimate of drug-likeness (QED) is 0.563. The average molecular weight is 239 g/mol. The highest BCUT2D eigenvalue weighted by molar-refractivity contribution is 7.89. The minimum Gasteiger partial charge on any atom is -0.379 e. The van der Waals surface area contributed by atoms with Gasteiger partial charge in [0.2, 0.25) is 10.0 Å². The molecular weight excluding hydrogens is 218 g/mol. The van der Waals surface area contributed by atoms with E-state index in [1.54, 1.807) is 0 Å². The van der Waals surface area contributed by atoms with Crippen molar-refractivity contribution in [1.29, 1.82) is 0 Å². The first kappa shape index (κ1) is 14.8. The molecule has 0 aromatic carbocycles. The van der Waals surface area contributed by atoms with E-state index in [9.17, 15) is 8.42 Å². The van der Waals surface area contributed by atoms with Crippen molar-refractivity contribution in [2.75, 3.05) is 32.2 Å². The van der Waals surface area contributed by atoms with Crippen LogP contribution in [0.4, 0.5) is 0 Å². The second-order valence-corrected chi connectivity index (χ2v) is 4.97. The van der Waals surface area contributed by atoms with Gasteiger partial charge >= 0.3 is 0 Å². The van der Waals surface area contributed by atoms with Gasteiger partial charge in [-0.2, -0.15) is 0 Å². The summed E-state index contributed by atoms with van der Waals surface area (Å²) in [7, 11) is -3.29. The van der Waals surface area contributed by atoms with Gasteiger partial charge in [0.15, 0.2) is 0 Å². The van der Waals surface area contributed by atoms with Gasteiger partial charge in [0.1, 0.15) is 0 Å². The van der Waals surface area contributed by atoms with Crippen molar-refractivity contribution in [2.45, 2.75) is 26.2 Å². The molecule has 0 bridgehead atoms. The van der Waals surface area contributed by atoms with Crippen LogP contribution >= 0.6 is 0 Å². The van der Waals surface area contributed by atoms with Crippen molar-refractivity contribution in [2.24, 2.45) is 5.14 Å². The lowest BCUT2D eigenvalue weighted by atomic mass is 10.3. The smallest absolute Gasteiger partial charge is 0.209 e. The summed E-state index contributed by atoms with van der Waals surface area (Å²) in [6, 6.07) is 0. The van der Waals surface area contributed by atoms with Crippen LogP contribution in [0.1, 0.15) is 26.2 Å². The molecule has 0 amide bonds. The van der Waals surface area contributed by atoms with E-state index in [0.717, 1.165) is 12.8 Å². The Morgan fingerprint density at radius 3 is 2.27 bits per heavy atom. The first-order chi connectivity index (χ1) is 7.06. The van der Waals surface area contributed by atoms with Gasteiger partial charge in [-0.15, -0.1) is 0 Å². The normalized spacial score (nSPS) is 11.9. The van der Waals surface area contributed by atoms with Gasteiger partial charge in [-0.05, 0) is 19.8 Å². The molecule has 0 spiro atoms. The van der Waals surface area contributed by atoms with Crippen LogP contribution in [0.2, 0.25) is 0 Å². The van der Waals surface area contributed by atoms with Crippen LogP contribution in [0.15, 0.2) is 0 Å². The summed E-state index contributed by atoms with van der Waals surface area (Å²) in [6.45, 7) is 4.51. The Morgan fingerprint density at radius 1 is 1.00 bits per heavy atom. The number of hydrogen-bond donors (Lipinski definition) is 1. The Morgan fingerprint density at radius 2 is 1.67 bits per heavy atom. The molecule has 0 radical (unpaired) electrons. The predicted molar refractivity (Wildman–Crippen MR) is 59.1 cm³/mol. The largest absolute Gasteiger partial charge is 0.379 e. The van der Waals surface area contributed by atoms with Crippen LogP contribution < -0.4 is 5.14 Å². The summed E-state index contributed by atoms with van der Waals surface area (Å²) in [5.41, 5.74) is 0. The summed E-state index contributed by atoms with van der Waals surface area (Å²) in [5.74, 6) is 0.0615. The topological polar surface area (TPSA) is 78.6 Å². The van der Waals surface area contributed by atoms with Crippen molar-refractivity contribution in [3.05, 3.63) is 0 Å². The van der Waals surface area contributed by atoms with Crippen LogP contribution in [-0.4, -0.2) is 40.6 Å². The minimum atomic E-state index is -3.29. The van der Waals surface area contributed by atoms with Gasteiger partial charge in [-0.1, -0.05) is 6.42 Å². The van der Waals surface area contributed by atoms with Crippen LogP contribution in [-0.2, 0) is 19.5 Å². The summed E-state index contributed by atoms with van der Waals surface area (Å²) in [4.78, 5) is 0. The van der Waals surface area contributed by atoms with Crippen molar-refractivity contribution >= 4 is 10.0 Å². The summed E-state index contributed by atoms with van der Waals surface area (Å²) in [6.07, 6.45) is 2.29. The van der Waals surface area contributed by atoms with E-state index in [0.29, 0.717) is 32.8 Å². The number of nitrogens with two attached hydrogens (primary N) is 1. The number of unbranched alkanes of at least 4 members (excludes halogenated alkanes) is 2. The summed E-state index contributed by atoms with van der Waals surface area (Å²) < 4.78 is 31.5. The van der Waals surface area contributed by atoms with Crippen LogP contribution in [0.25, 0.3) is 0 Å². The molecule has 0 aromatic heterocycles. The zero-order valence-corrected chi connectivity index (χ0v) is 10.1. The first-order valence-corrected chi connectivity index (χ1v) is 6.93. The lowest BCUT2D eigenvalue weighted by molar-refractivity contribution is 0.0514. The van der Waals surface area contributed by atoms with Gasteiger partial charge in [0, 0.05) is 13.2 Å². The molecule has 0 saturated heterocycles. The molecule has 0 aliphatic rings. The number of rotatable bonds is 10. The highest BCUT2D eigenvalue weighted by Gasteiger charge is 2.00. The third-order valence-electron chi connectivity index (χ3n) is 1.79. The fraction of sp³-hybridized carbons (Fsp3) is 1.00. The second-order valence-electron chi connectivity index (χ2n) is 3.24. The van der Waals surface area contributed by atoms with Gasteiger partial charge < -0.3 is 9.47 Å². The lowest BCUT2D eigenvalue weighted by Gasteiger charge is -2.03. The highest BCUT2D eigenvalue weighted by atomic mass is 32.2. The Balaban J connectivity index is 3.06. The van der Waals surface area contributed by atoms with Crippen molar-refractivity contribution in [3.63, 3.8) is 0 Å². The molecular formula is C9H21NO4S. The van der Waals surface area contributed by atoms with Gasteiger partial charge in [0.25, 0.3) is 0 Å². The van der Waals surface area contributed by atoms with E-state index >= 15 is 0 Å². The highest BCUT2D eigenvalue weighted by Crippen LogP contribution is 1.97. The molecule has 0 unspecified atom stereocenters. The third-order valence-corrected chi connectivity index (χ3v) is 2.65. The molecule has 6 heteroatoms. The Kier molecular flexibility index (Phi) is 8.98. The Hall–Kier alpha value is -0.170. The van der Waals surface area contributed by atoms with E-state index in [1.165, 1.54) is 0 Å². The zero-order valence-electron chi connectivity index (χ0n) is 9.28. The molecule has 2 N–H and O–H groups in total. The average Bonchev–Trinajstić information content (AvgIpc) is 2.14. The van der Waals surface area contributed by atoms with Crippen LogP contribution in [0, 0.1) is 0 Å². The van der Waals surface area contributed by atoms with Crippen LogP contribution in [0.5, 0.6) is 0 Å². The molecule has 92 valence electrons. The monoisotopic (exact) mass is 239 g/mol. The maximum absolute atomic E-state index is 10.6.